The minimum Gasteiger partial charge on any atom is -0.508 e. The van der Waals surface area contributed by atoms with E-state index in [9.17, 15) is 9.90 Å². The van der Waals surface area contributed by atoms with Gasteiger partial charge in [-0.05, 0) is 24.3 Å². The Bertz CT molecular complexity index is 850. The number of nitrogens with zero attached hydrogens (tertiary/aromatic N) is 1. The molecule has 0 bridgehead atoms. The molecule has 24 heavy (non-hydrogen) atoms. The van der Waals surface area contributed by atoms with Crippen molar-refractivity contribution < 1.29 is 9.90 Å². The van der Waals surface area contributed by atoms with Crippen LogP contribution in [0.4, 0.5) is 5.69 Å². The third kappa shape index (κ3) is 4.50. The first-order chi connectivity index (χ1) is 11.6. The van der Waals surface area contributed by atoms with Crippen LogP contribution in [0.3, 0.4) is 0 Å². The molecule has 1 heterocycles. The predicted octanol–water partition coefficient (Wildman–Crippen LogP) is 4.90. The summed E-state index contributed by atoms with van der Waals surface area (Å²) in [4.78, 5) is 16.5. The van der Waals surface area contributed by atoms with Gasteiger partial charge in [0.25, 0.3) is 0 Å². The summed E-state index contributed by atoms with van der Waals surface area (Å²) in [5.74, 6) is 0.227. The molecule has 0 unspecified atom stereocenters. The lowest BCUT2D eigenvalue weighted by molar-refractivity contribution is -0.113. The molecule has 2 N–H and O–H groups in total. The van der Waals surface area contributed by atoms with Crippen molar-refractivity contribution in [3.05, 3.63) is 58.9 Å². The topological polar surface area (TPSA) is 62.2 Å². The SMILES string of the molecule is O=C(CSc1nc(-c2ccc(Cl)cc2)cs1)Nc1cccc(O)c1. The number of carbonyl (C=O) groups is 1. The van der Waals surface area contributed by atoms with E-state index in [2.05, 4.69) is 10.3 Å². The molecule has 0 aliphatic heterocycles. The molecule has 0 aliphatic carbocycles. The zero-order valence-corrected chi connectivity index (χ0v) is 14.8. The lowest BCUT2D eigenvalue weighted by Gasteiger charge is -2.04. The summed E-state index contributed by atoms with van der Waals surface area (Å²) in [6.07, 6.45) is 0. The van der Waals surface area contributed by atoms with E-state index >= 15 is 0 Å². The van der Waals surface area contributed by atoms with Crippen LogP contribution in [0.2, 0.25) is 5.02 Å². The average molecular weight is 377 g/mol. The van der Waals surface area contributed by atoms with E-state index < -0.39 is 0 Å². The number of hydrogen-bond donors (Lipinski definition) is 2. The summed E-state index contributed by atoms with van der Waals surface area (Å²) >= 11 is 8.76. The van der Waals surface area contributed by atoms with E-state index in [1.165, 1.54) is 29.2 Å². The van der Waals surface area contributed by atoms with E-state index in [-0.39, 0.29) is 17.4 Å². The number of thiazole rings is 1. The fourth-order valence-electron chi connectivity index (χ4n) is 1.98. The highest BCUT2D eigenvalue weighted by atomic mass is 35.5. The van der Waals surface area contributed by atoms with Gasteiger partial charge >= 0.3 is 0 Å². The zero-order chi connectivity index (χ0) is 16.9. The molecule has 0 saturated carbocycles. The summed E-state index contributed by atoms with van der Waals surface area (Å²) in [7, 11) is 0. The minimum absolute atomic E-state index is 0.119. The van der Waals surface area contributed by atoms with Gasteiger partial charge in [-0.1, -0.05) is 41.6 Å². The zero-order valence-electron chi connectivity index (χ0n) is 12.4. The highest BCUT2D eigenvalue weighted by Gasteiger charge is 2.09. The van der Waals surface area contributed by atoms with Gasteiger partial charge in [0.1, 0.15) is 5.75 Å². The van der Waals surface area contributed by atoms with Crippen LogP contribution in [0, 0.1) is 0 Å². The highest BCUT2D eigenvalue weighted by Crippen LogP contribution is 2.29. The number of benzene rings is 2. The first-order valence-corrected chi connectivity index (χ1v) is 9.27. The van der Waals surface area contributed by atoms with Crippen molar-refractivity contribution in [1.29, 1.82) is 0 Å². The number of hydrogen-bond acceptors (Lipinski definition) is 5. The first kappa shape index (κ1) is 16.8. The van der Waals surface area contributed by atoms with Crippen molar-refractivity contribution in [3.8, 4) is 17.0 Å². The molecular weight excluding hydrogens is 364 g/mol. The van der Waals surface area contributed by atoms with Crippen LogP contribution in [0.1, 0.15) is 0 Å². The molecule has 1 aromatic heterocycles. The largest absolute Gasteiger partial charge is 0.508 e. The van der Waals surface area contributed by atoms with Gasteiger partial charge in [-0.3, -0.25) is 4.79 Å². The van der Waals surface area contributed by atoms with E-state index in [0.29, 0.717) is 10.7 Å². The molecule has 0 aliphatic rings. The van der Waals surface area contributed by atoms with Crippen LogP contribution >= 0.6 is 34.7 Å². The Morgan fingerprint density at radius 2 is 2.04 bits per heavy atom. The lowest BCUT2D eigenvalue weighted by Crippen LogP contribution is -2.13. The number of aromatic hydroxyl groups is 1. The van der Waals surface area contributed by atoms with Crippen molar-refractivity contribution in [2.45, 2.75) is 4.34 Å². The molecule has 0 saturated heterocycles. The molecular formula is C17H13ClN2O2S2. The highest BCUT2D eigenvalue weighted by molar-refractivity contribution is 8.01. The van der Waals surface area contributed by atoms with Crippen LogP contribution in [0.15, 0.2) is 58.3 Å². The summed E-state index contributed by atoms with van der Waals surface area (Å²) in [5, 5.41) is 14.8. The number of rotatable bonds is 5. The van der Waals surface area contributed by atoms with Gasteiger partial charge in [0, 0.05) is 27.7 Å². The maximum Gasteiger partial charge on any atom is 0.234 e. The molecule has 7 heteroatoms. The minimum atomic E-state index is -0.145. The van der Waals surface area contributed by atoms with Gasteiger partial charge in [-0.2, -0.15) is 0 Å². The van der Waals surface area contributed by atoms with E-state index in [1.54, 1.807) is 18.2 Å². The fraction of sp³-hybridized carbons (Fsp3) is 0.0588. The molecule has 3 aromatic rings. The van der Waals surface area contributed by atoms with Crippen LogP contribution < -0.4 is 5.32 Å². The van der Waals surface area contributed by atoms with Crippen LogP contribution in [-0.2, 0) is 4.79 Å². The second-order valence-corrected chi connectivity index (χ2v) is 7.41. The molecule has 2 aromatic carbocycles. The summed E-state index contributed by atoms with van der Waals surface area (Å²) in [6.45, 7) is 0. The third-order valence-corrected chi connectivity index (χ3v) is 5.35. The van der Waals surface area contributed by atoms with Gasteiger partial charge < -0.3 is 10.4 Å². The predicted molar refractivity (Wildman–Crippen MR) is 100 cm³/mol. The Kier molecular flexibility index (Phi) is 5.40. The second-order valence-electron chi connectivity index (χ2n) is 4.89. The van der Waals surface area contributed by atoms with E-state index in [0.717, 1.165) is 15.6 Å². The Morgan fingerprint density at radius 1 is 1.25 bits per heavy atom. The van der Waals surface area contributed by atoms with Crippen LogP contribution in [0.5, 0.6) is 5.75 Å². The van der Waals surface area contributed by atoms with Crippen molar-refractivity contribution in [3.63, 3.8) is 0 Å². The number of amides is 1. The number of phenols is 1. The van der Waals surface area contributed by atoms with Crippen LogP contribution in [-0.4, -0.2) is 21.8 Å². The van der Waals surface area contributed by atoms with Crippen molar-refractivity contribution in [1.82, 2.24) is 4.98 Å². The number of carbonyl (C=O) groups excluding carboxylic acids is 1. The first-order valence-electron chi connectivity index (χ1n) is 7.03. The average Bonchev–Trinajstić information content (AvgIpc) is 3.03. The monoisotopic (exact) mass is 376 g/mol. The number of thioether (sulfide) groups is 1. The number of halogens is 1. The molecule has 0 radical (unpaired) electrons. The molecule has 0 fully saturated rings. The summed E-state index contributed by atoms with van der Waals surface area (Å²) < 4.78 is 0.825. The Hall–Kier alpha value is -2.02. The number of anilines is 1. The van der Waals surface area contributed by atoms with Gasteiger partial charge in [0.05, 0.1) is 11.4 Å². The maximum absolute atomic E-state index is 12.0. The normalized spacial score (nSPS) is 10.5. The Balaban J connectivity index is 1.57. The summed E-state index contributed by atoms with van der Waals surface area (Å²) in [5.41, 5.74) is 2.43. The number of aromatic nitrogens is 1. The molecule has 4 nitrogen and oxygen atoms in total. The molecule has 1 amide bonds. The fourth-order valence-corrected chi connectivity index (χ4v) is 3.75. The van der Waals surface area contributed by atoms with Crippen molar-refractivity contribution >= 4 is 46.3 Å². The van der Waals surface area contributed by atoms with Crippen molar-refractivity contribution in [2.24, 2.45) is 0 Å². The summed E-state index contributed by atoms with van der Waals surface area (Å²) in [6, 6.07) is 13.9. The number of nitrogens with one attached hydrogen (secondary N) is 1. The van der Waals surface area contributed by atoms with E-state index in [4.69, 9.17) is 11.6 Å². The van der Waals surface area contributed by atoms with Crippen molar-refractivity contribution in [2.75, 3.05) is 11.1 Å². The number of phenolic OH excluding ortho intramolecular Hbond substituents is 1. The maximum atomic E-state index is 12.0. The smallest absolute Gasteiger partial charge is 0.234 e. The molecule has 0 spiro atoms. The second kappa shape index (κ2) is 7.70. The third-order valence-electron chi connectivity index (χ3n) is 3.08. The van der Waals surface area contributed by atoms with E-state index in [1.807, 2.05) is 29.6 Å². The lowest BCUT2D eigenvalue weighted by atomic mass is 10.2. The molecule has 3 rings (SSSR count). The Labute approximate surface area is 152 Å². The molecule has 122 valence electrons. The standard InChI is InChI=1S/C17H13ClN2O2S2/c18-12-6-4-11(5-7-12)15-9-23-17(20-15)24-10-16(22)19-13-2-1-3-14(21)8-13/h1-9,21H,10H2,(H,19,22). The van der Waals surface area contributed by atoms with Gasteiger partial charge in [-0.15, -0.1) is 11.3 Å². The quantitative estimate of drug-likeness (QED) is 0.622. The van der Waals surface area contributed by atoms with Gasteiger partial charge in [0.15, 0.2) is 4.34 Å². The van der Waals surface area contributed by atoms with Gasteiger partial charge in [-0.25, -0.2) is 4.98 Å². The van der Waals surface area contributed by atoms with Crippen LogP contribution in [0.25, 0.3) is 11.3 Å². The van der Waals surface area contributed by atoms with Gasteiger partial charge in [0.2, 0.25) is 5.91 Å². The molecule has 0 atom stereocenters. The Morgan fingerprint density at radius 3 is 2.79 bits per heavy atom.